The van der Waals surface area contributed by atoms with Gasteiger partial charge in [0, 0.05) is 18.3 Å². The van der Waals surface area contributed by atoms with E-state index in [1.807, 2.05) is 0 Å². The highest BCUT2D eigenvalue weighted by atomic mass is 35.5. The van der Waals surface area contributed by atoms with Gasteiger partial charge in [-0.1, -0.05) is 13.8 Å². The summed E-state index contributed by atoms with van der Waals surface area (Å²) in [5.74, 6) is 2.05. The predicted molar refractivity (Wildman–Crippen MR) is 59.4 cm³/mol. The fraction of sp³-hybridized carbons (Fsp3) is 0.909. The Morgan fingerprint density at radius 3 is 2.64 bits per heavy atom. The second-order valence-corrected chi connectivity index (χ2v) is 4.85. The monoisotopic (exact) mass is 217 g/mol. The second kappa shape index (κ2) is 5.59. The van der Waals surface area contributed by atoms with E-state index in [4.69, 9.17) is 11.6 Å². The lowest BCUT2D eigenvalue weighted by atomic mass is 9.79. The van der Waals surface area contributed by atoms with Crippen LogP contribution >= 0.6 is 11.6 Å². The van der Waals surface area contributed by atoms with Crippen LogP contribution in [0.5, 0.6) is 0 Å². The number of carbonyl (C=O) groups is 1. The minimum absolute atomic E-state index is 0.103. The first-order valence-corrected chi connectivity index (χ1v) is 6.02. The molecule has 1 amide bonds. The molecule has 1 saturated carbocycles. The van der Waals surface area contributed by atoms with Gasteiger partial charge in [0.2, 0.25) is 5.91 Å². The average molecular weight is 218 g/mol. The Hall–Kier alpha value is -0.240. The van der Waals surface area contributed by atoms with Crippen molar-refractivity contribution in [3.05, 3.63) is 0 Å². The van der Waals surface area contributed by atoms with Crippen molar-refractivity contribution in [1.29, 1.82) is 0 Å². The fourth-order valence-electron chi connectivity index (χ4n) is 2.06. The molecule has 0 aromatic rings. The number of rotatable bonds is 3. The molecule has 3 heteroatoms. The van der Waals surface area contributed by atoms with Crippen molar-refractivity contribution in [2.24, 2.45) is 11.8 Å². The maximum Gasteiger partial charge on any atom is 0.221 e. The van der Waals surface area contributed by atoms with Crippen LogP contribution in [-0.4, -0.2) is 17.8 Å². The SMILES string of the molecule is CC1CCC(NC(=O)CCCl)CC1C. The average Bonchev–Trinajstić information content (AvgIpc) is 2.12. The molecule has 0 aromatic heterocycles. The summed E-state index contributed by atoms with van der Waals surface area (Å²) in [6.07, 6.45) is 3.92. The Balaban J connectivity index is 2.29. The van der Waals surface area contributed by atoms with Crippen molar-refractivity contribution in [3.63, 3.8) is 0 Å². The summed E-state index contributed by atoms with van der Waals surface area (Å²) in [6.45, 7) is 4.56. The van der Waals surface area contributed by atoms with Crippen LogP contribution in [0.4, 0.5) is 0 Å². The summed E-state index contributed by atoms with van der Waals surface area (Å²) in [5.41, 5.74) is 0. The molecule has 1 N–H and O–H groups in total. The van der Waals surface area contributed by atoms with Crippen LogP contribution in [0.3, 0.4) is 0 Å². The van der Waals surface area contributed by atoms with Crippen LogP contribution in [-0.2, 0) is 4.79 Å². The van der Waals surface area contributed by atoms with Crippen molar-refractivity contribution in [3.8, 4) is 0 Å². The van der Waals surface area contributed by atoms with Gasteiger partial charge in [0.05, 0.1) is 0 Å². The van der Waals surface area contributed by atoms with Gasteiger partial charge in [-0.05, 0) is 31.1 Å². The third kappa shape index (κ3) is 3.49. The van der Waals surface area contributed by atoms with Gasteiger partial charge in [0.15, 0.2) is 0 Å². The van der Waals surface area contributed by atoms with Gasteiger partial charge >= 0.3 is 0 Å². The predicted octanol–water partition coefficient (Wildman–Crippen LogP) is 2.56. The lowest BCUT2D eigenvalue weighted by molar-refractivity contribution is -0.121. The molecule has 14 heavy (non-hydrogen) atoms. The first-order chi connectivity index (χ1) is 6.63. The number of nitrogens with one attached hydrogen (secondary N) is 1. The van der Waals surface area contributed by atoms with Crippen molar-refractivity contribution in [2.45, 2.75) is 45.6 Å². The molecule has 1 aliphatic carbocycles. The molecule has 0 spiro atoms. The summed E-state index contributed by atoms with van der Waals surface area (Å²) in [5, 5.41) is 3.05. The maximum absolute atomic E-state index is 11.3. The zero-order chi connectivity index (χ0) is 10.6. The molecule has 0 heterocycles. The van der Waals surface area contributed by atoms with Gasteiger partial charge in [0.25, 0.3) is 0 Å². The van der Waals surface area contributed by atoms with Crippen LogP contribution in [0.1, 0.15) is 39.5 Å². The third-order valence-electron chi connectivity index (χ3n) is 3.28. The lowest BCUT2D eigenvalue weighted by Crippen LogP contribution is -2.39. The summed E-state index contributed by atoms with van der Waals surface area (Å²) >= 11 is 5.51. The van der Waals surface area contributed by atoms with E-state index in [2.05, 4.69) is 19.2 Å². The van der Waals surface area contributed by atoms with Gasteiger partial charge in [-0.15, -0.1) is 11.6 Å². The molecular formula is C11H20ClNO. The lowest BCUT2D eigenvalue weighted by Gasteiger charge is -2.32. The van der Waals surface area contributed by atoms with E-state index in [9.17, 15) is 4.79 Å². The molecule has 0 saturated heterocycles. The summed E-state index contributed by atoms with van der Waals surface area (Å²) in [7, 11) is 0. The first kappa shape index (κ1) is 11.8. The van der Waals surface area contributed by atoms with Gasteiger partial charge in [0.1, 0.15) is 0 Å². The standard InChI is InChI=1S/C11H20ClNO/c1-8-3-4-10(7-9(8)2)13-11(14)5-6-12/h8-10H,3-7H2,1-2H3,(H,13,14). The molecule has 2 nitrogen and oxygen atoms in total. The molecule has 82 valence electrons. The Labute approximate surface area is 91.4 Å². The Morgan fingerprint density at radius 1 is 1.36 bits per heavy atom. The molecule has 0 aromatic carbocycles. The van der Waals surface area contributed by atoms with E-state index in [0.717, 1.165) is 24.7 Å². The zero-order valence-electron chi connectivity index (χ0n) is 9.05. The molecule has 0 bridgehead atoms. The smallest absolute Gasteiger partial charge is 0.221 e. The van der Waals surface area contributed by atoms with E-state index < -0.39 is 0 Å². The molecule has 1 aliphatic rings. The van der Waals surface area contributed by atoms with E-state index in [1.54, 1.807) is 0 Å². The van der Waals surface area contributed by atoms with Crippen LogP contribution in [0.25, 0.3) is 0 Å². The van der Waals surface area contributed by atoms with Crippen LogP contribution in [0.2, 0.25) is 0 Å². The number of hydrogen-bond acceptors (Lipinski definition) is 1. The highest BCUT2D eigenvalue weighted by Gasteiger charge is 2.25. The van der Waals surface area contributed by atoms with Crippen LogP contribution < -0.4 is 5.32 Å². The van der Waals surface area contributed by atoms with Crippen molar-refractivity contribution >= 4 is 17.5 Å². The summed E-state index contributed by atoms with van der Waals surface area (Å²) in [6, 6.07) is 0.386. The molecule has 1 fully saturated rings. The normalized spacial score (nSPS) is 32.6. The van der Waals surface area contributed by atoms with Crippen molar-refractivity contribution in [1.82, 2.24) is 5.32 Å². The third-order valence-corrected chi connectivity index (χ3v) is 3.47. The topological polar surface area (TPSA) is 29.1 Å². The van der Waals surface area contributed by atoms with Crippen molar-refractivity contribution in [2.75, 3.05) is 5.88 Å². The molecular weight excluding hydrogens is 198 g/mol. The van der Waals surface area contributed by atoms with E-state index >= 15 is 0 Å². The first-order valence-electron chi connectivity index (χ1n) is 5.48. The Bertz CT molecular complexity index is 196. The number of halogens is 1. The largest absolute Gasteiger partial charge is 0.353 e. The minimum Gasteiger partial charge on any atom is -0.353 e. The Morgan fingerprint density at radius 2 is 2.07 bits per heavy atom. The summed E-state index contributed by atoms with van der Waals surface area (Å²) < 4.78 is 0. The molecule has 0 aliphatic heterocycles. The number of amides is 1. The minimum atomic E-state index is 0.103. The Kier molecular flexibility index (Phi) is 4.73. The summed E-state index contributed by atoms with van der Waals surface area (Å²) in [4.78, 5) is 11.3. The van der Waals surface area contributed by atoms with Gasteiger partial charge < -0.3 is 5.32 Å². The quantitative estimate of drug-likeness (QED) is 0.724. The maximum atomic E-state index is 11.3. The van der Waals surface area contributed by atoms with E-state index in [-0.39, 0.29) is 5.91 Å². The molecule has 0 radical (unpaired) electrons. The van der Waals surface area contributed by atoms with E-state index in [1.165, 1.54) is 6.42 Å². The molecule has 3 atom stereocenters. The van der Waals surface area contributed by atoms with Crippen LogP contribution in [0.15, 0.2) is 0 Å². The van der Waals surface area contributed by atoms with Crippen molar-refractivity contribution < 1.29 is 4.79 Å². The zero-order valence-corrected chi connectivity index (χ0v) is 9.81. The van der Waals surface area contributed by atoms with Gasteiger partial charge in [-0.2, -0.15) is 0 Å². The molecule has 3 unspecified atom stereocenters. The highest BCUT2D eigenvalue weighted by molar-refractivity contribution is 6.18. The van der Waals surface area contributed by atoms with E-state index in [0.29, 0.717) is 18.3 Å². The van der Waals surface area contributed by atoms with Gasteiger partial charge in [-0.3, -0.25) is 4.79 Å². The van der Waals surface area contributed by atoms with Crippen LogP contribution in [0, 0.1) is 11.8 Å². The highest BCUT2D eigenvalue weighted by Crippen LogP contribution is 2.29. The van der Waals surface area contributed by atoms with Gasteiger partial charge in [-0.25, -0.2) is 0 Å². The second-order valence-electron chi connectivity index (χ2n) is 4.47. The number of alkyl halides is 1. The fourth-order valence-corrected chi connectivity index (χ4v) is 2.24. The number of hydrogen-bond donors (Lipinski definition) is 1. The number of carbonyl (C=O) groups excluding carboxylic acids is 1. The molecule has 1 rings (SSSR count).